The number of para-hydroxylation sites is 1. The Bertz CT molecular complexity index is 1000. The van der Waals surface area contributed by atoms with Gasteiger partial charge in [0.15, 0.2) is 0 Å². The molecule has 0 saturated carbocycles. The van der Waals surface area contributed by atoms with Gasteiger partial charge in [0, 0.05) is 5.56 Å². The van der Waals surface area contributed by atoms with E-state index in [1.54, 1.807) is 34.1 Å². The highest BCUT2D eigenvalue weighted by atomic mass is 16.6. The number of nitrogens with one attached hydrogen (secondary N) is 1. The number of fused-ring (bicyclic) bond motifs is 1. The summed E-state index contributed by atoms with van der Waals surface area (Å²) in [4.78, 5) is 32.6. The van der Waals surface area contributed by atoms with E-state index in [9.17, 15) is 9.59 Å². The molecule has 3 N–H and O–H groups in total. The van der Waals surface area contributed by atoms with Crippen molar-refractivity contribution in [3.63, 3.8) is 0 Å². The van der Waals surface area contributed by atoms with Gasteiger partial charge in [-0.2, -0.15) is 0 Å². The van der Waals surface area contributed by atoms with Crippen LogP contribution in [0.4, 0.5) is 4.79 Å². The topological polar surface area (TPSA) is 126 Å². The molecule has 2 aromatic rings. The molecule has 1 fully saturated rings. The largest absolute Gasteiger partial charge is 0.480 e. The molecule has 1 aliphatic rings. The van der Waals surface area contributed by atoms with E-state index < -0.39 is 23.7 Å². The first kappa shape index (κ1) is 23.5. The molecule has 1 aromatic heterocycles. The van der Waals surface area contributed by atoms with Crippen LogP contribution in [0.2, 0.25) is 0 Å². The zero-order valence-corrected chi connectivity index (χ0v) is 18.8. The number of nitrogens with zero attached hydrogens (tertiary/aromatic N) is 2. The SMILES string of the molecule is COc1cnc2cccc(C=C[C@@H]3CC[C@@H](NC(=O)OC(C)(C)C)[C@H](CC(N)=O)O3)c2n1. The summed E-state index contributed by atoms with van der Waals surface area (Å²) in [5.74, 6) is -0.0584. The van der Waals surface area contributed by atoms with Gasteiger partial charge in [-0.05, 0) is 39.7 Å². The van der Waals surface area contributed by atoms with Crippen molar-refractivity contribution in [3.8, 4) is 5.88 Å². The summed E-state index contributed by atoms with van der Waals surface area (Å²) in [7, 11) is 1.55. The molecule has 9 nitrogen and oxygen atoms in total. The highest BCUT2D eigenvalue weighted by molar-refractivity contribution is 5.84. The predicted molar refractivity (Wildman–Crippen MR) is 120 cm³/mol. The van der Waals surface area contributed by atoms with Gasteiger partial charge in [-0.15, -0.1) is 0 Å². The molecule has 2 amide bonds. The maximum absolute atomic E-state index is 12.2. The fourth-order valence-corrected chi connectivity index (χ4v) is 3.55. The molecular weight excluding hydrogens is 412 g/mol. The molecule has 2 heterocycles. The number of carbonyl (C=O) groups is 2. The quantitative estimate of drug-likeness (QED) is 0.704. The minimum atomic E-state index is -0.617. The lowest BCUT2D eigenvalue weighted by Crippen LogP contribution is -2.51. The van der Waals surface area contributed by atoms with Crippen LogP contribution in [0.25, 0.3) is 17.1 Å². The van der Waals surface area contributed by atoms with Gasteiger partial charge >= 0.3 is 6.09 Å². The van der Waals surface area contributed by atoms with Gasteiger partial charge < -0.3 is 25.3 Å². The second-order valence-corrected chi connectivity index (χ2v) is 8.70. The standard InChI is InChI=1S/C23H30N4O5/c1-23(2,3)32-22(29)26-16-11-10-15(31-18(16)12-19(24)28)9-8-14-6-5-7-17-21(14)27-20(30-4)13-25-17/h5-9,13,15-16,18H,10-12H2,1-4H3,(H2,24,28)(H,26,29)/t15-,16-,18+/m1/s1. The Kier molecular flexibility index (Phi) is 7.29. The van der Waals surface area contributed by atoms with Gasteiger partial charge in [-0.25, -0.2) is 14.8 Å². The molecule has 1 saturated heterocycles. The fraction of sp³-hybridized carbons (Fsp3) is 0.478. The molecule has 1 aliphatic heterocycles. The van der Waals surface area contributed by atoms with Crippen molar-refractivity contribution in [2.45, 2.75) is 63.9 Å². The number of aromatic nitrogens is 2. The van der Waals surface area contributed by atoms with E-state index >= 15 is 0 Å². The number of ether oxygens (including phenoxy) is 3. The van der Waals surface area contributed by atoms with E-state index in [-0.39, 0.29) is 18.6 Å². The summed E-state index contributed by atoms with van der Waals surface area (Å²) in [6.45, 7) is 5.37. The summed E-state index contributed by atoms with van der Waals surface area (Å²) < 4.78 is 16.6. The predicted octanol–water partition coefficient (Wildman–Crippen LogP) is 2.97. The van der Waals surface area contributed by atoms with Crippen LogP contribution in [0.1, 0.15) is 45.6 Å². The van der Waals surface area contributed by atoms with Gasteiger partial charge in [-0.3, -0.25) is 4.79 Å². The normalized spacial score (nSPS) is 21.4. The van der Waals surface area contributed by atoms with Crippen LogP contribution in [0.15, 0.2) is 30.5 Å². The molecule has 3 atom stereocenters. The first-order valence-corrected chi connectivity index (χ1v) is 10.6. The molecule has 32 heavy (non-hydrogen) atoms. The average molecular weight is 443 g/mol. The minimum Gasteiger partial charge on any atom is -0.480 e. The van der Waals surface area contributed by atoms with Gasteiger partial charge in [-0.1, -0.05) is 24.3 Å². The molecule has 172 valence electrons. The van der Waals surface area contributed by atoms with Crippen LogP contribution in [0.5, 0.6) is 5.88 Å². The number of primary amides is 1. The maximum atomic E-state index is 12.2. The molecule has 9 heteroatoms. The lowest BCUT2D eigenvalue weighted by Gasteiger charge is -2.36. The zero-order valence-electron chi connectivity index (χ0n) is 18.8. The van der Waals surface area contributed by atoms with Gasteiger partial charge in [0.05, 0.1) is 49.0 Å². The lowest BCUT2D eigenvalue weighted by molar-refractivity contribution is -0.124. The van der Waals surface area contributed by atoms with Crippen molar-refractivity contribution >= 4 is 29.1 Å². The van der Waals surface area contributed by atoms with E-state index in [1.165, 1.54) is 0 Å². The number of amides is 2. The lowest BCUT2D eigenvalue weighted by atomic mass is 9.95. The highest BCUT2D eigenvalue weighted by Gasteiger charge is 2.33. The molecule has 0 radical (unpaired) electrons. The second-order valence-electron chi connectivity index (χ2n) is 8.70. The molecular formula is C23H30N4O5. The smallest absolute Gasteiger partial charge is 0.407 e. The number of carbonyl (C=O) groups excluding carboxylic acids is 2. The zero-order chi connectivity index (χ0) is 23.3. The van der Waals surface area contributed by atoms with Crippen LogP contribution >= 0.6 is 0 Å². The van der Waals surface area contributed by atoms with E-state index in [1.807, 2.05) is 30.4 Å². The number of hydrogen-bond donors (Lipinski definition) is 2. The second kappa shape index (κ2) is 9.95. The van der Waals surface area contributed by atoms with Crippen molar-refractivity contribution < 1.29 is 23.8 Å². The third-order valence-corrected chi connectivity index (χ3v) is 4.95. The Morgan fingerprint density at radius 3 is 2.78 bits per heavy atom. The maximum Gasteiger partial charge on any atom is 0.407 e. The van der Waals surface area contributed by atoms with Crippen molar-refractivity contribution in [2.75, 3.05) is 7.11 Å². The fourth-order valence-electron chi connectivity index (χ4n) is 3.55. The van der Waals surface area contributed by atoms with Crippen molar-refractivity contribution in [1.82, 2.24) is 15.3 Å². The van der Waals surface area contributed by atoms with Crippen LogP contribution < -0.4 is 15.8 Å². The molecule has 0 aliphatic carbocycles. The van der Waals surface area contributed by atoms with Crippen molar-refractivity contribution in [3.05, 3.63) is 36.0 Å². The molecule has 0 unspecified atom stereocenters. The minimum absolute atomic E-state index is 0.00173. The Labute approximate surface area is 187 Å². The Morgan fingerprint density at radius 2 is 2.09 bits per heavy atom. The molecule has 1 aromatic carbocycles. The summed E-state index contributed by atoms with van der Waals surface area (Å²) >= 11 is 0. The summed E-state index contributed by atoms with van der Waals surface area (Å²) in [5, 5.41) is 2.81. The third kappa shape index (κ3) is 6.40. The van der Waals surface area contributed by atoms with Crippen molar-refractivity contribution in [1.29, 1.82) is 0 Å². The van der Waals surface area contributed by atoms with E-state index in [0.29, 0.717) is 18.7 Å². The summed E-state index contributed by atoms with van der Waals surface area (Å²) in [6.07, 6.45) is 5.37. The monoisotopic (exact) mass is 442 g/mol. The molecule has 0 spiro atoms. The Morgan fingerprint density at radius 1 is 1.31 bits per heavy atom. The Hall–Kier alpha value is -3.20. The summed E-state index contributed by atoms with van der Waals surface area (Å²) in [6, 6.07) is 5.35. The molecule has 3 rings (SSSR count). The van der Waals surface area contributed by atoms with E-state index in [2.05, 4.69) is 15.3 Å². The van der Waals surface area contributed by atoms with Gasteiger partial charge in [0.25, 0.3) is 0 Å². The number of rotatable bonds is 6. The average Bonchev–Trinajstić information content (AvgIpc) is 2.71. The molecule has 0 bridgehead atoms. The summed E-state index contributed by atoms with van der Waals surface area (Å²) in [5.41, 5.74) is 7.14. The number of nitrogens with two attached hydrogens (primary N) is 1. The van der Waals surface area contributed by atoms with Crippen LogP contribution in [-0.4, -0.2) is 52.9 Å². The number of hydrogen-bond acceptors (Lipinski definition) is 7. The van der Waals surface area contributed by atoms with Crippen LogP contribution in [-0.2, 0) is 14.3 Å². The number of benzene rings is 1. The third-order valence-electron chi connectivity index (χ3n) is 4.95. The first-order valence-electron chi connectivity index (χ1n) is 10.6. The van der Waals surface area contributed by atoms with Gasteiger partial charge in [0.2, 0.25) is 11.8 Å². The van der Waals surface area contributed by atoms with Crippen LogP contribution in [0, 0.1) is 0 Å². The van der Waals surface area contributed by atoms with Gasteiger partial charge in [0.1, 0.15) is 5.60 Å². The van der Waals surface area contributed by atoms with Crippen LogP contribution in [0.3, 0.4) is 0 Å². The number of alkyl carbamates (subject to hydrolysis) is 1. The first-order chi connectivity index (χ1) is 15.1. The highest BCUT2D eigenvalue weighted by Crippen LogP contribution is 2.25. The van der Waals surface area contributed by atoms with E-state index in [4.69, 9.17) is 19.9 Å². The Balaban J connectivity index is 1.72. The van der Waals surface area contributed by atoms with Crippen molar-refractivity contribution in [2.24, 2.45) is 5.73 Å². The number of methoxy groups -OCH3 is 1. The van der Waals surface area contributed by atoms with E-state index in [0.717, 1.165) is 16.6 Å².